The summed E-state index contributed by atoms with van der Waals surface area (Å²) in [6.45, 7) is 1.67. The molecule has 2 heterocycles. The molecule has 0 amide bonds. The van der Waals surface area contributed by atoms with Crippen LogP contribution in [0.25, 0.3) is 11.7 Å². The summed E-state index contributed by atoms with van der Waals surface area (Å²) in [4.78, 5) is 0. The van der Waals surface area contributed by atoms with Gasteiger partial charge in [0.2, 0.25) is 11.0 Å². The number of hydrogen-bond acceptors (Lipinski definition) is 6. The molecule has 1 saturated carbocycles. The lowest BCUT2D eigenvalue weighted by Gasteiger charge is -2.08. The monoisotopic (exact) mass is 391 g/mol. The number of aryl methyl sites for hydroxylation is 1. The Bertz CT molecular complexity index is 1070. The van der Waals surface area contributed by atoms with E-state index in [2.05, 4.69) is 14.9 Å². The third-order valence-corrected chi connectivity index (χ3v) is 5.88. The van der Waals surface area contributed by atoms with Crippen LogP contribution < -0.4 is 4.72 Å². The SMILES string of the molecule is Cc1ccc(F)cc1NS(=O)(=O)c1ccc(-c2nnc(C3CCCC3)o2)o1. The van der Waals surface area contributed by atoms with Crippen LogP contribution in [0.4, 0.5) is 10.1 Å². The van der Waals surface area contributed by atoms with Crippen molar-refractivity contribution < 1.29 is 21.6 Å². The summed E-state index contributed by atoms with van der Waals surface area (Å²) in [5.41, 5.74) is 0.735. The van der Waals surface area contributed by atoms with Gasteiger partial charge in [0.1, 0.15) is 5.82 Å². The van der Waals surface area contributed by atoms with Crippen LogP contribution in [0.2, 0.25) is 0 Å². The van der Waals surface area contributed by atoms with Gasteiger partial charge in [0.15, 0.2) is 5.76 Å². The van der Waals surface area contributed by atoms with Gasteiger partial charge in [-0.25, -0.2) is 4.39 Å². The minimum absolute atomic E-state index is 0.139. The van der Waals surface area contributed by atoms with Crippen LogP contribution in [0, 0.1) is 12.7 Å². The van der Waals surface area contributed by atoms with Crippen LogP contribution in [0.1, 0.15) is 43.1 Å². The van der Waals surface area contributed by atoms with Crippen molar-refractivity contribution in [1.29, 1.82) is 0 Å². The van der Waals surface area contributed by atoms with Gasteiger partial charge in [-0.15, -0.1) is 10.2 Å². The van der Waals surface area contributed by atoms with Crippen molar-refractivity contribution in [3.63, 3.8) is 0 Å². The van der Waals surface area contributed by atoms with E-state index < -0.39 is 15.8 Å². The molecule has 7 nitrogen and oxygen atoms in total. The van der Waals surface area contributed by atoms with Gasteiger partial charge in [-0.1, -0.05) is 18.9 Å². The van der Waals surface area contributed by atoms with E-state index in [1.807, 2.05) is 0 Å². The first kappa shape index (κ1) is 17.7. The van der Waals surface area contributed by atoms with Crippen LogP contribution in [0.3, 0.4) is 0 Å². The number of aromatic nitrogens is 2. The maximum absolute atomic E-state index is 13.4. The van der Waals surface area contributed by atoms with Gasteiger partial charge in [-0.3, -0.25) is 4.72 Å². The van der Waals surface area contributed by atoms with Crippen LogP contribution >= 0.6 is 0 Å². The second-order valence-corrected chi connectivity index (χ2v) is 8.22. The maximum atomic E-state index is 13.4. The largest absolute Gasteiger partial charge is 0.438 e. The van der Waals surface area contributed by atoms with Gasteiger partial charge in [-0.05, 0) is 49.6 Å². The highest BCUT2D eigenvalue weighted by atomic mass is 32.2. The number of hydrogen-bond donors (Lipinski definition) is 1. The van der Waals surface area contributed by atoms with Gasteiger partial charge in [0.25, 0.3) is 15.9 Å². The first-order valence-electron chi connectivity index (χ1n) is 8.65. The number of rotatable bonds is 5. The molecule has 27 heavy (non-hydrogen) atoms. The van der Waals surface area contributed by atoms with E-state index in [1.165, 1.54) is 24.3 Å². The maximum Gasteiger partial charge on any atom is 0.295 e. The zero-order chi connectivity index (χ0) is 19.0. The summed E-state index contributed by atoms with van der Waals surface area (Å²) in [6, 6.07) is 6.62. The van der Waals surface area contributed by atoms with Crippen molar-refractivity contribution in [2.45, 2.75) is 43.6 Å². The summed E-state index contributed by atoms with van der Waals surface area (Å²) >= 11 is 0. The fraction of sp³-hybridized carbons (Fsp3) is 0.333. The lowest BCUT2D eigenvalue weighted by Crippen LogP contribution is -2.13. The van der Waals surface area contributed by atoms with Crippen molar-refractivity contribution in [3.8, 4) is 11.7 Å². The molecule has 9 heteroatoms. The summed E-state index contributed by atoms with van der Waals surface area (Å²) < 4.78 is 51.8. The third-order valence-electron chi connectivity index (χ3n) is 4.65. The Labute approximate surface area is 155 Å². The van der Waals surface area contributed by atoms with Crippen LogP contribution in [0.15, 0.2) is 44.3 Å². The number of nitrogens with one attached hydrogen (secondary N) is 1. The van der Waals surface area contributed by atoms with Gasteiger partial charge < -0.3 is 8.83 Å². The van der Waals surface area contributed by atoms with Crippen molar-refractivity contribution in [3.05, 3.63) is 47.6 Å². The minimum atomic E-state index is -4.02. The molecular weight excluding hydrogens is 373 g/mol. The number of anilines is 1. The highest BCUT2D eigenvalue weighted by molar-refractivity contribution is 7.92. The third kappa shape index (κ3) is 3.59. The van der Waals surface area contributed by atoms with E-state index >= 15 is 0 Å². The smallest absolute Gasteiger partial charge is 0.295 e. The molecule has 0 unspecified atom stereocenters. The highest BCUT2D eigenvalue weighted by Gasteiger charge is 2.25. The van der Waals surface area contributed by atoms with Crippen molar-refractivity contribution in [2.24, 2.45) is 0 Å². The number of nitrogens with zero attached hydrogens (tertiary/aromatic N) is 2. The number of furan rings is 1. The molecule has 0 aliphatic heterocycles. The van der Waals surface area contributed by atoms with E-state index in [0.29, 0.717) is 11.5 Å². The van der Waals surface area contributed by atoms with Gasteiger partial charge in [0.05, 0.1) is 5.69 Å². The fourth-order valence-electron chi connectivity index (χ4n) is 3.15. The highest BCUT2D eigenvalue weighted by Crippen LogP contribution is 2.35. The molecule has 142 valence electrons. The predicted octanol–water partition coefficient (Wildman–Crippen LogP) is 4.24. The molecule has 1 fully saturated rings. The normalized spacial score (nSPS) is 15.3. The molecule has 1 N–H and O–H groups in total. The Hall–Kier alpha value is -2.68. The quantitative estimate of drug-likeness (QED) is 0.699. The van der Waals surface area contributed by atoms with E-state index in [9.17, 15) is 12.8 Å². The Morgan fingerprint density at radius 2 is 1.89 bits per heavy atom. The van der Waals surface area contributed by atoms with E-state index in [-0.39, 0.29) is 28.3 Å². The fourth-order valence-corrected chi connectivity index (χ4v) is 4.21. The number of sulfonamides is 1. The Balaban J connectivity index is 1.57. The summed E-state index contributed by atoms with van der Waals surface area (Å²) in [5.74, 6) is 0.575. The molecular formula is C18H18FN3O4S. The first-order valence-corrected chi connectivity index (χ1v) is 10.1. The minimum Gasteiger partial charge on any atom is -0.438 e. The number of benzene rings is 1. The molecule has 0 radical (unpaired) electrons. The van der Waals surface area contributed by atoms with E-state index in [4.69, 9.17) is 8.83 Å². The summed E-state index contributed by atoms with van der Waals surface area (Å²) in [5, 5.41) is 7.69. The lowest BCUT2D eigenvalue weighted by atomic mass is 10.1. The molecule has 0 saturated heterocycles. The van der Waals surface area contributed by atoms with Crippen LogP contribution in [-0.4, -0.2) is 18.6 Å². The van der Waals surface area contributed by atoms with E-state index in [0.717, 1.165) is 31.7 Å². The van der Waals surface area contributed by atoms with Crippen molar-refractivity contribution >= 4 is 15.7 Å². The average molecular weight is 391 g/mol. The zero-order valence-electron chi connectivity index (χ0n) is 14.6. The van der Waals surface area contributed by atoms with Crippen LogP contribution in [0.5, 0.6) is 0 Å². The topological polar surface area (TPSA) is 98.2 Å². The second-order valence-electron chi connectivity index (χ2n) is 6.61. The Morgan fingerprint density at radius 3 is 2.67 bits per heavy atom. The molecule has 3 aromatic rings. The molecule has 0 spiro atoms. The Morgan fingerprint density at radius 1 is 1.11 bits per heavy atom. The molecule has 0 atom stereocenters. The molecule has 2 aromatic heterocycles. The predicted molar refractivity (Wildman–Crippen MR) is 95.2 cm³/mol. The van der Waals surface area contributed by atoms with Crippen LogP contribution in [-0.2, 0) is 10.0 Å². The van der Waals surface area contributed by atoms with Gasteiger partial charge in [-0.2, -0.15) is 8.42 Å². The van der Waals surface area contributed by atoms with E-state index in [1.54, 1.807) is 6.92 Å². The van der Waals surface area contributed by atoms with Gasteiger partial charge in [0, 0.05) is 5.92 Å². The second kappa shape index (κ2) is 6.80. The molecule has 4 rings (SSSR count). The van der Waals surface area contributed by atoms with Crippen molar-refractivity contribution in [2.75, 3.05) is 4.72 Å². The standard InChI is InChI=1S/C18H18FN3O4S/c1-11-6-7-13(19)10-14(11)22-27(23,24)16-9-8-15(25-16)18-21-20-17(26-18)12-4-2-3-5-12/h6-10,12,22H,2-5H2,1H3. The van der Waals surface area contributed by atoms with Gasteiger partial charge >= 0.3 is 0 Å². The molecule has 1 aromatic carbocycles. The first-order chi connectivity index (χ1) is 12.9. The molecule has 1 aliphatic rings. The number of halogens is 1. The summed E-state index contributed by atoms with van der Waals surface area (Å²) in [7, 11) is -4.02. The van der Waals surface area contributed by atoms with Crippen molar-refractivity contribution in [1.82, 2.24) is 10.2 Å². The zero-order valence-corrected chi connectivity index (χ0v) is 15.4. The Kier molecular flexibility index (Phi) is 4.47. The lowest BCUT2D eigenvalue weighted by molar-refractivity contribution is 0.421. The molecule has 0 bridgehead atoms. The average Bonchev–Trinajstić information content (AvgIpc) is 3.38. The summed E-state index contributed by atoms with van der Waals surface area (Å²) in [6.07, 6.45) is 4.29. The molecule has 1 aliphatic carbocycles.